The average molecular weight is 277 g/mol. The first-order valence-corrected chi connectivity index (χ1v) is 5.52. The molecule has 0 saturated carbocycles. The maximum absolute atomic E-state index is 13.3. The van der Waals surface area contributed by atoms with E-state index < -0.39 is 30.9 Å². The lowest BCUT2D eigenvalue weighted by Gasteiger charge is -2.13. The molecule has 1 aromatic rings. The molecule has 4 nitrogen and oxygen atoms in total. The van der Waals surface area contributed by atoms with Crippen LogP contribution < -0.4 is 10.5 Å². The van der Waals surface area contributed by atoms with Crippen molar-refractivity contribution in [3.8, 4) is 5.75 Å². The Morgan fingerprint density at radius 1 is 1.37 bits per heavy atom. The molecular weight excluding hydrogens is 263 g/mol. The quantitative estimate of drug-likeness (QED) is 0.664. The van der Waals surface area contributed by atoms with Gasteiger partial charge in [0.1, 0.15) is 18.2 Å². The summed E-state index contributed by atoms with van der Waals surface area (Å²) in [5.74, 6) is -1.97. The molecule has 0 unspecified atom stereocenters. The first-order chi connectivity index (χ1) is 8.81. The van der Waals surface area contributed by atoms with E-state index in [0.29, 0.717) is 0 Å². The second kappa shape index (κ2) is 6.31. The Kier molecular flexibility index (Phi) is 5.02. The van der Waals surface area contributed by atoms with Gasteiger partial charge in [0.2, 0.25) is 0 Å². The number of nitrogens with two attached hydrogens (primary N) is 1. The summed E-state index contributed by atoms with van der Waals surface area (Å²) in [6.45, 7) is 2.29. The van der Waals surface area contributed by atoms with Crippen LogP contribution in [-0.2, 0) is 4.74 Å². The Hall–Kier alpha value is -1.92. The minimum Gasteiger partial charge on any atom is -0.485 e. The summed E-state index contributed by atoms with van der Waals surface area (Å²) < 4.78 is 46.9. The Morgan fingerprint density at radius 3 is 2.53 bits per heavy atom. The number of nitrogen functional groups attached to an aromatic ring is 1. The van der Waals surface area contributed by atoms with Crippen molar-refractivity contribution in [1.29, 1.82) is 0 Å². The lowest BCUT2D eigenvalue weighted by Crippen LogP contribution is -2.15. The van der Waals surface area contributed by atoms with Crippen molar-refractivity contribution in [2.45, 2.75) is 26.4 Å². The van der Waals surface area contributed by atoms with Gasteiger partial charge in [0.25, 0.3) is 6.43 Å². The molecule has 0 aliphatic rings. The molecule has 0 heterocycles. The monoisotopic (exact) mass is 277 g/mol. The van der Waals surface area contributed by atoms with Crippen molar-refractivity contribution < 1.29 is 27.4 Å². The van der Waals surface area contributed by atoms with Crippen LogP contribution in [0.5, 0.6) is 5.75 Å². The van der Waals surface area contributed by atoms with Gasteiger partial charge in [-0.2, -0.15) is 0 Å². The number of rotatable bonds is 5. The van der Waals surface area contributed by atoms with E-state index >= 15 is 0 Å². The van der Waals surface area contributed by atoms with E-state index in [-0.39, 0.29) is 17.0 Å². The number of benzene rings is 1. The number of anilines is 1. The lowest BCUT2D eigenvalue weighted by atomic mass is 10.1. The second-order valence-corrected chi connectivity index (χ2v) is 4.02. The van der Waals surface area contributed by atoms with Gasteiger partial charge in [-0.05, 0) is 19.9 Å². The first-order valence-electron chi connectivity index (χ1n) is 5.52. The third kappa shape index (κ3) is 4.35. The topological polar surface area (TPSA) is 61.5 Å². The van der Waals surface area contributed by atoms with Crippen molar-refractivity contribution in [2.24, 2.45) is 0 Å². The third-order valence-corrected chi connectivity index (χ3v) is 2.03. The molecule has 0 aliphatic heterocycles. The molecule has 0 spiro atoms. The highest BCUT2D eigenvalue weighted by atomic mass is 19.3. The van der Waals surface area contributed by atoms with E-state index in [1.165, 1.54) is 0 Å². The second-order valence-electron chi connectivity index (χ2n) is 4.02. The van der Waals surface area contributed by atoms with Gasteiger partial charge in [0.15, 0.2) is 0 Å². The molecule has 106 valence electrons. The number of halogens is 3. The molecule has 0 radical (unpaired) electrons. The van der Waals surface area contributed by atoms with Crippen molar-refractivity contribution in [3.05, 3.63) is 23.5 Å². The van der Waals surface area contributed by atoms with Crippen molar-refractivity contribution in [1.82, 2.24) is 0 Å². The van der Waals surface area contributed by atoms with Gasteiger partial charge in [-0.1, -0.05) is 0 Å². The maximum Gasteiger partial charge on any atom is 0.340 e. The number of hydrogen-bond donors (Lipinski definition) is 1. The largest absolute Gasteiger partial charge is 0.485 e. The van der Waals surface area contributed by atoms with Crippen molar-refractivity contribution >= 4 is 11.7 Å². The molecule has 2 N–H and O–H groups in total. The standard InChI is InChI=1S/C12H14F3NO3/c1-6(2)19-12(17)8-3-7(13)4-9(11(8)16)18-5-10(14)15/h3-4,6,10H,5,16H2,1-2H3. The Bertz CT molecular complexity index is 464. The predicted molar refractivity (Wildman–Crippen MR) is 62.9 cm³/mol. The molecule has 1 aromatic carbocycles. The molecule has 1 rings (SSSR count). The predicted octanol–water partition coefficient (Wildman–Crippen LogP) is 2.62. The van der Waals surface area contributed by atoms with Crippen LogP contribution in [0.4, 0.5) is 18.9 Å². The Morgan fingerprint density at radius 2 is 2.00 bits per heavy atom. The molecule has 0 aliphatic carbocycles. The van der Waals surface area contributed by atoms with E-state index in [1.807, 2.05) is 0 Å². The SMILES string of the molecule is CC(C)OC(=O)c1cc(F)cc(OCC(F)F)c1N. The van der Waals surface area contributed by atoms with Crippen LogP contribution in [-0.4, -0.2) is 25.1 Å². The smallest absolute Gasteiger partial charge is 0.340 e. The molecule has 0 bridgehead atoms. The number of hydrogen-bond acceptors (Lipinski definition) is 4. The highest BCUT2D eigenvalue weighted by molar-refractivity contribution is 5.96. The van der Waals surface area contributed by atoms with Gasteiger partial charge in [-0.15, -0.1) is 0 Å². The van der Waals surface area contributed by atoms with Crippen LogP contribution >= 0.6 is 0 Å². The van der Waals surface area contributed by atoms with E-state index in [2.05, 4.69) is 4.74 Å². The van der Waals surface area contributed by atoms with Gasteiger partial charge >= 0.3 is 5.97 Å². The Balaban J connectivity index is 3.02. The molecule has 0 amide bonds. The zero-order valence-electron chi connectivity index (χ0n) is 10.5. The summed E-state index contributed by atoms with van der Waals surface area (Å²) in [5.41, 5.74) is 5.10. The fraction of sp³-hybridized carbons (Fsp3) is 0.417. The van der Waals surface area contributed by atoms with E-state index in [9.17, 15) is 18.0 Å². The molecule has 0 saturated heterocycles. The zero-order valence-corrected chi connectivity index (χ0v) is 10.5. The van der Waals surface area contributed by atoms with Gasteiger partial charge in [0, 0.05) is 6.07 Å². The van der Waals surface area contributed by atoms with Gasteiger partial charge in [-0.25, -0.2) is 18.0 Å². The number of esters is 1. The van der Waals surface area contributed by atoms with Crippen LogP contribution in [0, 0.1) is 5.82 Å². The highest BCUT2D eigenvalue weighted by Crippen LogP contribution is 2.28. The lowest BCUT2D eigenvalue weighted by molar-refractivity contribution is 0.0378. The normalized spacial score (nSPS) is 10.9. The summed E-state index contributed by atoms with van der Waals surface area (Å²) in [4.78, 5) is 11.6. The average Bonchev–Trinajstić information content (AvgIpc) is 2.28. The minimum atomic E-state index is -2.73. The maximum atomic E-state index is 13.3. The summed E-state index contributed by atoms with van der Waals surface area (Å²) in [6, 6.07) is 1.71. The summed E-state index contributed by atoms with van der Waals surface area (Å²) in [7, 11) is 0. The highest BCUT2D eigenvalue weighted by Gasteiger charge is 2.19. The van der Waals surface area contributed by atoms with E-state index in [4.69, 9.17) is 10.5 Å². The summed E-state index contributed by atoms with van der Waals surface area (Å²) in [5, 5.41) is 0. The summed E-state index contributed by atoms with van der Waals surface area (Å²) >= 11 is 0. The van der Waals surface area contributed by atoms with E-state index in [1.54, 1.807) is 13.8 Å². The van der Waals surface area contributed by atoms with Gasteiger partial charge in [-0.3, -0.25) is 0 Å². The molecule has 0 fully saturated rings. The fourth-order valence-corrected chi connectivity index (χ4v) is 1.31. The van der Waals surface area contributed by atoms with Crippen molar-refractivity contribution in [2.75, 3.05) is 12.3 Å². The van der Waals surface area contributed by atoms with Crippen LogP contribution in [0.15, 0.2) is 12.1 Å². The molecular formula is C12H14F3NO3. The minimum absolute atomic E-state index is 0.229. The molecule has 0 aromatic heterocycles. The van der Waals surface area contributed by atoms with E-state index in [0.717, 1.165) is 12.1 Å². The van der Waals surface area contributed by atoms with Gasteiger partial charge < -0.3 is 15.2 Å². The number of carbonyl (C=O) groups is 1. The number of carbonyl (C=O) groups excluding carboxylic acids is 1. The van der Waals surface area contributed by atoms with Gasteiger partial charge in [0.05, 0.1) is 17.4 Å². The fourth-order valence-electron chi connectivity index (χ4n) is 1.31. The van der Waals surface area contributed by atoms with Crippen LogP contribution in [0.1, 0.15) is 24.2 Å². The zero-order chi connectivity index (χ0) is 14.6. The Labute approximate surface area is 108 Å². The van der Waals surface area contributed by atoms with Crippen LogP contribution in [0.3, 0.4) is 0 Å². The third-order valence-electron chi connectivity index (χ3n) is 2.03. The number of ether oxygens (including phenoxy) is 2. The molecule has 0 atom stereocenters. The van der Waals surface area contributed by atoms with Crippen LogP contribution in [0.25, 0.3) is 0 Å². The van der Waals surface area contributed by atoms with Crippen LogP contribution in [0.2, 0.25) is 0 Å². The first kappa shape index (κ1) is 15.1. The number of alkyl halides is 2. The van der Waals surface area contributed by atoms with Crippen molar-refractivity contribution in [3.63, 3.8) is 0 Å². The summed E-state index contributed by atoms with van der Waals surface area (Å²) in [6.07, 6.45) is -3.14. The molecule has 19 heavy (non-hydrogen) atoms. The molecule has 7 heteroatoms.